The van der Waals surface area contributed by atoms with Crippen LogP contribution in [0.1, 0.15) is 38.3 Å². The number of para-hydroxylation sites is 1. The minimum Gasteiger partial charge on any atom is -0.496 e. The first-order valence-corrected chi connectivity index (χ1v) is 9.10. The Kier molecular flexibility index (Phi) is 7.86. The molecule has 0 aliphatic carbocycles. The fourth-order valence-corrected chi connectivity index (χ4v) is 3.39. The Bertz CT molecular complexity index is 446. The smallest absolute Gasteiger partial charge is 0.123 e. The third-order valence-corrected chi connectivity index (χ3v) is 4.78. The van der Waals surface area contributed by atoms with E-state index in [0.29, 0.717) is 6.04 Å². The Balaban J connectivity index is 2.21. The van der Waals surface area contributed by atoms with Gasteiger partial charge in [0.25, 0.3) is 0 Å². The fraction of sp³-hybridized carbons (Fsp3) is 0.684. The average Bonchev–Trinajstić information content (AvgIpc) is 2.62. The largest absolute Gasteiger partial charge is 0.496 e. The van der Waals surface area contributed by atoms with Gasteiger partial charge in [-0.25, -0.2) is 0 Å². The number of benzene rings is 1. The van der Waals surface area contributed by atoms with Gasteiger partial charge >= 0.3 is 0 Å². The molecule has 1 fully saturated rings. The summed E-state index contributed by atoms with van der Waals surface area (Å²) in [5.41, 5.74) is 1.33. The number of rotatable bonds is 9. The van der Waals surface area contributed by atoms with Crippen molar-refractivity contribution in [3.63, 3.8) is 0 Å². The fourth-order valence-electron chi connectivity index (χ4n) is 3.39. The summed E-state index contributed by atoms with van der Waals surface area (Å²) < 4.78 is 5.66. The van der Waals surface area contributed by atoms with Crippen LogP contribution in [0, 0.1) is 0 Å². The maximum Gasteiger partial charge on any atom is 0.123 e. The predicted octanol–water partition coefficient (Wildman–Crippen LogP) is 2.76. The first-order valence-electron chi connectivity index (χ1n) is 9.10. The summed E-state index contributed by atoms with van der Waals surface area (Å²) in [5.74, 6) is 1.02. The zero-order valence-corrected chi connectivity index (χ0v) is 15.1. The summed E-state index contributed by atoms with van der Waals surface area (Å²) in [6.45, 7) is 12.3. The van der Waals surface area contributed by atoms with Crippen LogP contribution in [0.15, 0.2) is 24.3 Å². The molecule has 23 heavy (non-hydrogen) atoms. The maximum absolute atomic E-state index is 5.66. The third kappa shape index (κ3) is 5.20. The SMILES string of the molecule is CCCCN(CC)C(CN1CCNCC1)c1ccccc1OC. The van der Waals surface area contributed by atoms with Crippen molar-refractivity contribution in [3.05, 3.63) is 29.8 Å². The van der Waals surface area contributed by atoms with Gasteiger partial charge in [0.2, 0.25) is 0 Å². The molecule has 4 heteroatoms. The van der Waals surface area contributed by atoms with E-state index < -0.39 is 0 Å². The number of hydrogen-bond acceptors (Lipinski definition) is 4. The highest BCUT2D eigenvalue weighted by Crippen LogP contribution is 2.30. The van der Waals surface area contributed by atoms with Gasteiger partial charge in [-0.15, -0.1) is 0 Å². The molecule has 1 aromatic rings. The minimum absolute atomic E-state index is 0.404. The van der Waals surface area contributed by atoms with Gasteiger partial charge in [0.05, 0.1) is 13.2 Å². The molecule has 0 radical (unpaired) electrons. The molecule has 1 atom stereocenters. The molecular formula is C19H33N3O. The second-order valence-electron chi connectivity index (χ2n) is 6.29. The number of methoxy groups -OCH3 is 1. The van der Waals surface area contributed by atoms with Crippen LogP contribution >= 0.6 is 0 Å². The van der Waals surface area contributed by atoms with Crippen molar-refractivity contribution >= 4 is 0 Å². The number of nitrogens with zero attached hydrogens (tertiary/aromatic N) is 2. The Morgan fingerprint density at radius 1 is 1.22 bits per heavy atom. The van der Waals surface area contributed by atoms with Crippen LogP contribution in [-0.4, -0.2) is 62.7 Å². The molecule has 1 aromatic carbocycles. The normalized spacial score (nSPS) is 17.4. The van der Waals surface area contributed by atoms with E-state index >= 15 is 0 Å². The molecule has 0 amide bonds. The lowest BCUT2D eigenvalue weighted by molar-refractivity contribution is 0.130. The number of piperazine rings is 1. The van der Waals surface area contributed by atoms with Gasteiger partial charge in [-0.1, -0.05) is 38.5 Å². The van der Waals surface area contributed by atoms with Crippen LogP contribution in [-0.2, 0) is 0 Å². The van der Waals surface area contributed by atoms with Crippen LogP contribution in [0.25, 0.3) is 0 Å². The molecule has 1 unspecified atom stereocenters. The summed E-state index contributed by atoms with van der Waals surface area (Å²) in [6.07, 6.45) is 2.49. The van der Waals surface area contributed by atoms with Crippen LogP contribution in [0.4, 0.5) is 0 Å². The van der Waals surface area contributed by atoms with Crippen molar-refractivity contribution in [2.24, 2.45) is 0 Å². The van der Waals surface area contributed by atoms with Crippen molar-refractivity contribution in [2.75, 3.05) is 52.9 Å². The lowest BCUT2D eigenvalue weighted by atomic mass is 10.0. The standard InChI is InChI=1S/C19H33N3O/c1-4-6-13-22(5-2)18(16-21-14-11-20-12-15-21)17-9-7-8-10-19(17)23-3/h7-10,18,20H,4-6,11-16H2,1-3H3. The summed E-state index contributed by atoms with van der Waals surface area (Å²) in [5, 5.41) is 3.45. The quantitative estimate of drug-likeness (QED) is 0.757. The molecule has 0 bridgehead atoms. The number of ether oxygens (including phenoxy) is 1. The molecule has 130 valence electrons. The van der Waals surface area contributed by atoms with E-state index in [1.54, 1.807) is 7.11 Å². The molecule has 1 heterocycles. The summed E-state index contributed by atoms with van der Waals surface area (Å²) >= 11 is 0. The first kappa shape index (κ1) is 18.2. The lowest BCUT2D eigenvalue weighted by Gasteiger charge is -2.37. The molecule has 1 N–H and O–H groups in total. The zero-order valence-electron chi connectivity index (χ0n) is 15.1. The molecule has 0 saturated carbocycles. The molecule has 0 spiro atoms. The topological polar surface area (TPSA) is 27.7 Å². The Morgan fingerprint density at radius 3 is 2.61 bits per heavy atom. The minimum atomic E-state index is 0.404. The van der Waals surface area contributed by atoms with E-state index in [0.717, 1.165) is 51.6 Å². The van der Waals surface area contributed by atoms with Crippen molar-refractivity contribution in [1.82, 2.24) is 15.1 Å². The molecule has 2 rings (SSSR count). The lowest BCUT2D eigenvalue weighted by Crippen LogP contribution is -2.47. The number of unbranched alkanes of at least 4 members (excludes halogenated alkanes) is 1. The first-order chi connectivity index (χ1) is 11.3. The maximum atomic E-state index is 5.66. The van der Waals surface area contributed by atoms with Crippen molar-refractivity contribution in [2.45, 2.75) is 32.7 Å². The van der Waals surface area contributed by atoms with Crippen LogP contribution < -0.4 is 10.1 Å². The van der Waals surface area contributed by atoms with Crippen molar-refractivity contribution in [3.8, 4) is 5.75 Å². The van der Waals surface area contributed by atoms with Gasteiger partial charge in [-0.2, -0.15) is 0 Å². The van der Waals surface area contributed by atoms with Gasteiger partial charge in [-0.05, 0) is 25.6 Å². The van der Waals surface area contributed by atoms with E-state index in [1.165, 1.54) is 18.4 Å². The second-order valence-corrected chi connectivity index (χ2v) is 6.29. The Hall–Kier alpha value is -1.10. The van der Waals surface area contributed by atoms with Gasteiger partial charge in [0.15, 0.2) is 0 Å². The van der Waals surface area contributed by atoms with Crippen LogP contribution in [0.3, 0.4) is 0 Å². The van der Waals surface area contributed by atoms with E-state index in [4.69, 9.17) is 4.74 Å². The Morgan fingerprint density at radius 2 is 1.96 bits per heavy atom. The van der Waals surface area contributed by atoms with E-state index in [1.807, 2.05) is 0 Å². The highest BCUT2D eigenvalue weighted by molar-refractivity contribution is 5.36. The van der Waals surface area contributed by atoms with Crippen molar-refractivity contribution < 1.29 is 4.74 Å². The number of hydrogen-bond donors (Lipinski definition) is 1. The predicted molar refractivity (Wildman–Crippen MR) is 97.2 cm³/mol. The molecular weight excluding hydrogens is 286 g/mol. The molecule has 1 aliphatic rings. The molecule has 1 aliphatic heterocycles. The highest BCUT2D eigenvalue weighted by atomic mass is 16.5. The molecule has 1 saturated heterocycles. The van der Waals surface area contributed by atoms with E-state index in [2.05, 4.69) is 53.2 Å². The highest BCUT2D eigenvalue weighted by Gasteiger charge is 2.25. The monoisotopic (exact) mass is 319 g/mol. The van der Waals surface area contributed by atoms with Gasteiger partial charge in [0.1, 0.15) is 5.75 Å². The van der Waals surface area contributed by atoms with E-state index in [9.17, 15) is 0 Å². The molecule has 4 nitrogen and oxygen atoms in total. The summed E-state index contributed by atoms with van der Waals surface area (Å²) in [6, 6.07) is 8.93. The van der Waals surface area contributed by atoms with E-state index in [-0.39, 0.29) is 0 Å². The summed E-state index contributed by atoms with van der Waals surface area (Å²) in [7, 11) is 1.78. The number of nitrogens with one attached hydrogen (secondary N) is 1. The molecule has 0 aromatic heterocycles. The Labute approximate surface area is 141 Å². The van der Waals surface area contributed by atoms with Crippen molar-refractivity contribution in [1.29, 1.82) is 0 Å². The average molecular weight is 319 g/mol. The van der Waals surface area contributed by atoms with Gasteiger partial charge < -0.3 is 10.1 Å². The van der Waals surface area contributed by atoms with Crippen LogP contribution in [0.5, 0.6) is 5.75 Å². The number of likely N-dealkylation sites (N-methyl/N-ethyl adjacent to an activating group) is 1. The van der Waals surface area contributed by atoms with Crippen LogP contribution in [0.2, 0.25) is 0 Å². The second kappa shape index (κ2) is 9.91. The van der Waals surface area contributed by atoms with Gasteiger partial charge in [0, 0.05) is 38.3 Å². The zero-order chi connectivity index (χ0) is 16.5. The van der Waals surface area contributed by atoms with Gasteiger partial charge in [-0.3, -0.25) is 9.80 Å². The summed E-state index contributed by atoms with van der Waals surface area (Å²) in [4.78, 5) is 5.20. The third-order valence-electron chi connectivity index (χ3n) is 4.78.